The van der Waals surface area contributed by atoms with Crippen molar-refractivity contribution in [2.24, 2.45) is 10.8 Å². The molecular weight excluding hydrogens is 490 g/mol. The lowest BCUT2D eigenvalue weighted by molar-refractivity contribution is -0.164. The molecule has 0 aromatic heterocycles. The van der Waals surface area contributed by atoms with Gasteiger partial charge in [-0.2, -0.15) is 5.26 Å². The molecule has 2 aromatic rings. The van der Waals surface area contributed by atoms with E-state index in [1.54, 1.807) is 18.2 Å². The van der Waals surface area contributed by atoms with Gasteiger partial charge in [0.2, 0.25) is 0 Å². The van der Waals surface area contributed by atoms with Gasteiger partial charge in [0.05, 0.1) is 17.2 Å². The van der Waals surface area contributed by atoms with Gasteiger partial charge in [0, 0.05) is 53.7 Å². The van der Waals surface area contributed by atoms with Crippen LogP contribution in [-0.2, 0) is 11.2 Å². The summed E-state index contributed by atoms with van der Waals surface area (Å²) in [6.45, 7) is 8.17. The minimum atomic E-state index is -0.808. The molecule has 9 heteroatoms. The molecule has 0 heterocycles. The van der Waals surface area contributed by atoms with Crippen LogP contribution < -0.4 is 10.1 Å². The Morgan fingerprint density at radius 3 is 2.33 bits per heavy atom. The molecule has 2 aromatic carbocycles. The van der Waals surface area contributed by atoms with Crippen LogP contribution in [0.2, 0.25) is 5.02 Å². The van der Waals surface area contributed by atoms with E-state index in [2.05, 4.69) is 5.32 Å². The number of hydrogen-bond acceptors (Lipinski definition) is 5. The molecule has 2 N–H and O–H groups in total. The fourth-order valence-corrected chi connectivity index (χ4v) is 5.44. The first kappa shape index (κ1) is 27.9. The number of carbonyl (C=O) groups is 1. The highest BCUT2D eigenvalue weighted by Gasteiger charge is 2.64. The van der Waals surface area contributed by atoms with Crippen LogP contribution in [0, 0.1) is 33.8 Å². The van der Waals surface area contributed by atoms with Crippen molar-refractivity contribution in [3.8, 4) is 11.8 Å². The third kappa shape index (κ3) is 5.64. The van der Waals surface area contributed by atoms with Crippen LogP contribution in [-0.4, -0.2) is 43.0 Å². The molecule has 0 spiro atoms. The topological polar surface area (TPSA) is 91.6 Å². The SMILES string of the molecule is CC1(C)C(NC(=O)c2cc(F)c(CCOCCCO)c(F)c2)C(C)(C)C1Oc1ccc(C#N)c(Cl)c1. The number of nitrogens with one attached hydrogen (secondary N) is 1. The van der Waals surface area contributed by atoms with E-state index in [1.807, 2.05) is 33.8 Å². The van der Waals surface area contributed by atoms with Crippen molar-refractivity contribution in [3.05, 3.63) is 63.7 Å². The minimum Gasteiger partial charge on any atom is -0.489 e. The van der Waals surface area contributed by atoms with E-state index in [4.69, 9.17) is 31.4 Å². The molecule has 0 aliphatic heterocycles. The zero-order valence-electron chi connectivity index (χ0n) is 20.8. The number of ether oxygens (including phenoxy) is 2. The largest absolute Gasteiger partial charge is 0.489 e. The van der Waals surface area contributed by atoms with E-state index in [-0.39, 0.29) is 42.9 Å². The summed E-state index contributed by atoms with van der Waals surface area (Å²) in [5.41, 5.74) is -0.925. The van der Waals surface area contributed by atoms with E-state index in [0.29, 0.717) is 29.4 Å². The molecular formula is C27H31ClF2N2O4. The van der Waals surface area contributed by atoms with Gasteiger partial charge in [0.15, 0.2) is 0 Å². The summed E-state index contributed by atoms with van der Waals surface area (Å²) in [4.78, 5) is 13.0. The Bertz CT molecular complexity index is 1120. The highest BCUT2D eigenvalue weighted by atomic mass is 35.5. The van der Waals surface area contributed by atoms with Crippen molar-refractivity contribution in [2.75, 3.05) is 19.8 Å². The molecule has 1 aliphatic rings. The highest BCUT2D eigenvalue weighted by molar-refractivity contribution is 6.31. The summed E-state index contributed by atoms with van der Waals surface area (Å²) in [5.74, 6) is -1.69. The van der Waals surface area contributed by atoms with Gasteiger partial charge in [-0.3, -0.25) is 4.79 Å². The second-order valence-electron chi connectivity index (χ2n) is 10.2. The first-order valence-corrected chi connectivity index (χ1v) is 12.1. The molecule has 0 saturated heterocycles. The molecule has 0 radical (unpaired) electrons. The number of nitriles is 1. The van der Waals surface area contributed by atoms with E-state index in [9.17, 15) is 13.6 Å². The Kier molecular flexibility index (Phi) is 8.60. The minimum absolute atomic E-state index is 0.0161. The maximum Gasteiger partial charge on any atom is 0.251 e. The normalized spacial score (nSPS) is 19.8. The number of rotatable bonds is 10. The molecule has 0 atom stereocenters. The van der Waals surface area contributed by atoms with Crippen molar-refractivity contribution < 1.29 is 28.2 Å². The number of aliphatic hydroxyl groups excluding tert-OH is 1. The summed E-state index contributed by atoms with van der Waals surface area (Å²) in [5, 5.41) is 21.0. The molecule has 36 heavy (non-hydrogen) atoms. The first-order valence-electron chi connectivity index (χ1n) is 11.8. The van der Waals surface area contributed by atoms with Gasteiger partial charge >= 0.3 is 0 Å². The number of aliphatic hydroxyl groups is 1. The van der Waals surface area contributed by atoms with E-state index >= 15 is 0 Å². The van der Waals surface area contributed by atoms with Gasteiger partial charge in [-0.25, -0.2) is 8.78 Å². The number of hydrogen-bond donors (Lipinski definition) is 2. The standard InChI is InChI=1S/C27H31ClF2N2O4/c1-26(2)24(27(3,4)25(26)36-18-7-6-16(15-31)20(28)14-18)32-23(34)17-12-21(29)19(22(30)13-17)8-11-35-10-5-9-33/h6-7,12-14,24-25,33H,5,8-11H2,1-4H3,(H,32,34). The second kappa shape index (κ2) is 11.1. The summed E-state index contributed by atoms with van der Waals surface area (Å²) < 4.78 is 40.7. The average molecular weight is 521 g/mol. The zero-order chi connectivity index (χ0) is 26.7. The average Bonchev–Trinajstić information content (AvgIpc) is 2.81. The van der Waals surface area contributed by atoms with E-state index < -0.39 is 28.4 Å². The van der Waals surface area contributed by atoms with Crippen LogP contribution in [0.5, 0.6) is 5.75 Å². The van der Waals surface area contributed by atoms with E-state index in [1.165, 1.54) is 0 Å². The van der Waals surface area contributed by atoms with Crippen LogP contribution in [0.1, 0.15) is 55.6 Å². The summed E-state index contributed by atoms with van der Waals surface area (Å²) >= 11 is 6.13. The maximum absolute atomic E-state index is 14.6. The van der Waals surface area contributed by atoms with Crippen molar-refractivity contribution in [1.82, 2.24) is 5.32 Å². The molecule has 194 valence electrons. The monoisotopic (exact) mass is 520 g/mol. The zero-order valence-corrected chi connectivity index (χ0v) is 21.6. The van der Waals surface area contributed by atoms with Crippen LogP contribution >= 0.6 is 11.6 Å². The van der Waals surface area contributed by atoms with Crippen LogP contribution in [0.3, 0.4) is 0 Å². The van der Waals surface area contributed by atoms with Gasteiger partial charge < -0.3 is 19.9 Å². The van der Waals surface area contributed by atoms with Crippen LogP contribution in [0.25, 0.3) is 0 Å². The van der Waals surface area contributed by atoms with E-state index in [0.717, 1.165) is 12.1 Å². The van der Waals surface area contributed by atoms with Crippen molar-refractivity contribution >= 4 is 17.5 Å². The molecule has 0 bridgehead atoms. The van der Waals surface area contributed by atoms with Crippen molar-refractivity contribution in [3.63, 3.8) is 0 Å². The Morgan fingerprint density at radius 2 is 1.78 bits per heavy atom. The van der Waals surface area contributed by atoms with Crippen molar-refractivity contribution in [1.29, 1.82) is 5.26 Å². The lowest BCUT2D eigenvalue weighted by Gasteiger charge is -2.63. The van der Waals surface area contributed by atoms with Gasteiger partial charge in [-0.05, 0) is 30.7 Å². The second-order valence-corrected chi connectivity index (χ2v) is 10.6. The number of carbonyl (C=O) groups excluding carboxylic acids is 1. The molecule has 3 rings (SSSR count). The smallest absolute Gasteiger partial charge is 0.251 e. The Hall–Kier alpha value is -2.73. The van der Waals surface area contributed by atoms with Crippen molar-refractivity contribution in [2.45, 2.75) is 52.7 Å². The summed E-state index contributed by atoms with van der Waals surface area (Å²) in [6, 6.07) is 8.58. The number of nitrogens with zero attached hydrogens (tertiary/aromatic N) is 1. The lowest BCUT2D eigenvalue weighted by atomic mass is 9.49. The summed E-state index contributed by atoms with van der Waals surface area (Å²) in [6.07, 6.45) is 0.165. The highest BCUT2D eigenvalue weighted by Crippen LogP contribution is 2.55. The van der Waals surface area contributed by atoms with Gasteiger partial charge in [-0.1, -0.05) is 39.3 Å². The number of halogens is 3. The fraction of sp³-hybridized carbons (Fsp3) is 0.481. The molecule has 1 saturated carbocycles. The van der Waals surface area contributed by atoms with Crippen LogP contribution in [0.15, 0.2) is 30.3 Å². The Balaban J connectivity index is 1.69. The number of benzene rings is 2. The third-order valence-electron chi connectivity index (χ3n) is 6.78. The first-order chi connectivity index (χ1) is 16.9. The summed E-state index contributed by atoms with van der Waals surface area (Å²) in [7, 11) is 0. The lowest BCUT2D eigenvalue weighted by Crippen LogP contribution is -2.74. The molecule has 0 unspecified atom stereocenters. The third-order valence-corrected chi connectivity index (χ3v) is 7.09. The van der Waals surface area contributed by atoms with Gasteiger partial charge in [0.25, 0.3) is 5.91 Å². The molecule has 1 aliphatic carbocycles. The number of amides is 1. The predicted molar refractivity (Wildman–Crippen MR) is 132 cm³/mol. The Labute approximate surface area is 215 Å². The Morgan fingerprint density at radius 1 is 1.14 bits per heavy atom. The fourth-order valence-electron chi connectivity index (χ4n) is 5.23. The quantitative estimate of drug-likeness (QED) is 0.428. The predicted octanol–water partition coefficient (Wildman–Crippen LogP) is 5.04. The molecule has 1 fully saturated rings. The molecule has 6 nitrogen and oxygen atoms in total. The molecule has 1 amide bonds. The van der Waals surface area contributed by atoms with Crippen LogP contribution in [0.4, 0.5) is 8.78 Å². The van der Waals surface area contributed by atoms with Gasteiger partial charge in [0.1, 0.15) is 29.6 Å². The van der Waals surface area contributed by atoms with Gasteiger partial charge in [-0.15, -0.1) is 0 Å². The maximum atomic E-state index is 14.6.